The molecule has 0 saturated heterocycles. The smallest absolute Gasteiger partial charge is 0.305 e. The van der Waals surface area contributed by atoms with Crippen molar-refractivity contribution in [1.82, 2.24) is 5.32 Å². The van der Waals surface area contributed by atoms with Crippen molar-refractivity contribution in [2.24, 2.45) is 0 Å². The Kier molecular flexibility index (Phi) is 51.1. The lowest BCUT2D eigenvalue weighted by molar-refractivity contribution is -0.143. The van der Waals surface area contributed by atoms with Crippen LogP contribution in [-0.4, -0.2) is 47.4 Å². The van der Waals surface area contributed by atoms with E-state index in [1.54, 1.807) is 0 Å². The fourth-order valence-electron chi connectivity index (χ4n) is 8.39. The van der Waals surface area contributed by atoms with Gasteiger partial charge in [-0.3, -0.25) is 9.59 Å². The number of esters is 1. The maximum atomic E-state index is 12.5. The van der Waals surface area contributed by atoms with Gasteiger partial charge in [-0.2, -0.15) is 0 Å². The minimum absolute atomic E-state index is 0.0506. The minimum atomic E-state index is -0.698. The lowest BCUT2D eigenvalue weighted by Gasteiger charge is -2.22. The van der Waals surface area contributed by atoms with Crippen LogP contribution in [-0.2, 0) is 14.3 Å². The molecule has 0 heterocycles. The lowest BCUT2D eigenvalue weighted by Crippen LogP contribution is -2.45. The van der Waals surface area contributed by atoms with Crippen molar-refractivity contribution in [3.8, 4) is 0 Å². The largest absolute Gasteiger partial charge is 0.466 e. The van der Waals surface area contributed by atoms with E-state index in [0.717, 1.165) is 83.5 Å². The summed E-state index contributed by atoms with van der Waals surface area (Å²) in [6.07, 6.45) is 64.3. The highest BCUT2D eigenvalue weighted by Gasteiger charge is 2.20. The Labute approximate surface area is 392 Å². The monoisotopic (exact) mass is 886 g/mol. The van der Waals surface area contributed by atoms with E-state index in [4.69, 9.17) is 4.74 Å². The summed E-state index contributed by atoms with van der Waals surface area (Å²) >= 11 is 0. The van der Waals surface area contributed by atoms with E-state index in [9.17, 15) is 19.8 Å². The predicted octanol–water partition coefficient (Wildman–Crippen LogP) is 16.9. The average Bonchev–Trinajstić information content (AvgIpc) is 3.28. The fourth-order valence-corrected chi connectivity index (χ4v) is 8.39. The molecule has 370 valence electrons. The third kappa shape index (κ3) is 49.4. The number of carbonyl (C=O) groups excluding carboxylic acids is 2. The second kappa shape index (κ2) is 52.7. The molecule has 6 heteroatoms. The van der Waals surface area contributed by atoms with Gasteiger partial charge in [0.25, 0.3) is 0 Å². The normalized spacial score (nSPS) is 12.9. The number of allylic oxidation sites excluding steroid dienone is 6. The third-order valence-corrected chi connectivity index (χ3v) is 12.6. The number of hydrogen-bond donors (Lipinski definition) is 3. The second-order valence-corrected chi connectivity index (χ2v) is 18.9. The van der Waals surface area contributed by atoms with E-state index in [1.807, 2.05) is 0 Å². The summed E-state index contributed by atoms with van der Waals surface area (Å²) in [5.74, 6) is -0.146. The molecule has 0 aliphatic carbocycles. The van der Waals surface area contributed by atoms with Crippen LogP contribution in [0.5, 0.6) is 0 Å². The molecule has 0 fully saturated rings. The van der Waals surface area contributed by atoms with Crippen LogP contribution in [0.25, 0.3) is 0 Å². The van der Waals surface area contributed by atoms with Gasteiger partial charge in [0.05, 0.1) is 25.4 Å². The number of ether oxygens (including phenoxy) is 1. The van der Waals surface area contributed by atoms with Gasteiger partial charge in [0.1, 0.15) is 0 Å². The first kappa shape index (κ1) is 61.1. The highest BCUT2D eigenvalue weighted by Crippen LogP contribution is 2.17. The Morgan fingerprint density at radius 3 is 1.32 bits per heavy atom. The van der Waals surface area contributed by atoms with Crippen LogP contribution in [0.4, 0.5) is 0 Å². The summed E-state index contributed by atoms with van der Waals surface area (Å²) in [4.78, 5) is 24.5. The van der Waals surface area contributed by atoms with E-state index in [-0.39, 0.29) is 18.5 Å². The summed E-state index contributed by atoms with van der Waals surface area (Å²) in [5, 5.41) is 23.3. The van der Waals surface area contributed by atoms with Crippen molar-refractivity contribution in [3.05, 3.63) is 36.5 Å². The first-order valence-corrected chi connectivity index (χ1v) is 27.7. The molecule has 2 atom stereocenters. The predicted molar refractivity (Wildman–Crippen MR) is 273 cm³/mol. The zero-order valence-electron chi connectivity index (χ0n) is 42.1. The van der Waals surface area contributed by atoms with Crippen molar-refractivity contribution in [2.45, 2.75) is 302 Å². The molecular weight excluding hydrogens is 779 g/mol. The molecule has 0 rings (SSSR count). The minimum Gasteiger partial charge on any atom is -0.466 e. The van der Waals surface area contributed by atoms with Crippen molar-refractivity contribution < 1.29 is 24.5 Å². The van der Waals surface area contributed by atoms with Gasteiger partial charge in [-0.05, 0) is 70.6 Å². The molecule has 3 N–H and O–H groups in total. The van der Waals surface area contributed by atoms with Gasteiger partial charge in [0.2, 0.25) is 5.91 Å². The number of nitrogens with one attached hydrogen (secondary N) is 1. The van der Waals surface area contributed by atoms with E-state index >= 15 is 0 Å². The van der Waals surface area contributed by atoms with Crippen LogP contribution < -0.4 is 5.32 Å². The number of rotatable bonds is 51. The number of aliphatic hydroxyl groups is 2. The van der Waals surface area contributed by atoms with Gasteiger partial charge in [0.15, 0.2) is 0 Å². The van der Waals surface area contributed by atoms with Crippen LogP contribution in [0, 0.1) is 0 Å². The van der Waals surface area contributed by atoms with Gasteiger partial charge in [-0.1, -0.05) is 243 Å². The van der Waals surface area contributed by atoms with Crippen molar-refractivity contribution in [2.75, 3.05) is 13.2 Å². The quantitative estimate of drug-likeness (QED) is 0.0321. The van der Waals surface area contributed by atoms with E-state index < -0.39 is 12.1 Å². The summed E-state index contributed by atoms with van der Waals surface area (Å²) in [6, 6.07) is -0.582. The van der Waals surface area contributed by atoms with Crippen LogP contribution in [0.3, 0.4) is 0 Å². The highest BCUT2D eigenvalue weighted by atomic mass is 16.5. The molecule has 0 aliphatic rings. The Morgan fingerprint density at radius 2 is 0.841 bits per heavy atom. The number of unbranched alkanes of at least 4 members (excludes halogenated alkanes) is 34. The van der Waals surface area contributed by atoms with Gasteiger partial charge < -0.3 is 20.3 Å². The zero-order valence-corrected chi connectivity index (χ0v) is 42.1. The van der Waals surface area contributed by atoms with Crippen molar-refractivity contribution in [1.29, 1.82) is 0 Å². The SMILES string of the molecule is CCC/C=C\C/C=C\CCCCCCCC(=O)OCCCCCC/C=C\CCCC(=O)NC(CO)C(O)CCCCCCCCCCCCCCCCCCCCCCCCCC. The van der Waals surface area contributed by atoms with E-state index in [0.29, 0.717) is 25.9 Å². The molecule has 2 unspecified atom stereocenters. The first-order chi connectivity index (χ1) is 31.0. The Hall–Kier alpha value is -1.92. The molecule has 0 saturated carbocycles. The van der Waals surface area contributed by atoms with E-state index in [2.05, 4.69) is 55.6 Å². The molecule has 0 radical (unpaired) electrons. The zero-order chi connectivity index (χ0) is 45.8. The van der Waals surface area contributed by atoms with Crippen LogP contribution in [0.2, 0.25) is 0 Å². The van der Waals surface area contributed by atoms with Crippen molar-refractivity contribution in [3.63, 3.8) is 0 Å². The third-order valence-electron chi connectivity index (χ3n) is 12.6. The molecule has 0 aliphatic heterocycles. The Balaban J connectivity index is 3.52. The van der Waals surface area contributed by atoms with Gasteiger partial charge in [-0.15, -0.1) is 0 Å². The topological polar surface area (TPSA) is 95.9 Å². The van der Waals surface area contributed by atoms with Gasteiger partial charge in [-0.25, -0.2) is 0 Å². The summed E-state index contributed by atoms with van der Waals surface area (Å²) < 4.78 is 5.43. The average molecular weight is 886 g/mol. The second-order valence-electron chi connectivity index (χ2n) is 18.9. The number of hydrogen-bond acceptors (Lipinski definition) is 5. The standard InChI is InChI=1S/C57H107NO5/c1-3-5-7-9-11-13-15-17-18-19-20-21-22-23-24-25-26-27-29-30-33-37-41-45-49-55(60)54(53-59)58-56(61)50-46-42-38-34-32-36-40-44-48-52-63-57(62)51-47-43-39-35-31-28-16-14-12-10-8-6-4-2/h8,10,14,16,34,38,54-55,59-60H,3-7,9,11-13,15,17-33,35-37,39-53H2,1-2H3,(H,58,61)/b10-8-,16-14-,38-34-. The Bertz CT molecular complexity index is 1020. The maximum Gasteiger partial charge on any atom is 0.305 e. The van der Waals surface area contributed by atoms with Crippen LogP contribution >= 0.6 is 0 Å². The van der Waals surface area contributed by atoms with Crippen LogP contribution in [0.1, 0.15) is 290 Å². The molecule has 0 bridgehead atoms. The number of amides is 1. The molecule has 63 heavy (non-hydrogen) atoms. The summed E-state index contributed by atoms with van der Waals surface area (Å²) in [6.45, 7) is 4.80. The molecule has 0 aromatic carbocycles. The number of aliphatic hydroxyl groups excluding tert-OH is 2. The molecule has 0 aromatic rings. The summed E-state index contributed by atoms with van der Waals surface area (Å²) in [5.41, 5.74) is 0. The first-order valence-electron chi connectivity index (χ1n) is 27.7. The van der Waals surface area contributed by atoms with Crippen LogP contribution in [0.15, 0.2) is 36.5 Å². The fraction of sp³-hybridized carbons (Fsp3) is 0.860. The molecule has 0 spiro atoms. The molecule has 1 amide bonds. The molecular formula is C57H107NO5. The Morgan fingerprint density at radius 1 is 0.444 bits per heavy atom. The highest BCUT2D eigenvalue weighted by molar-refractivity contribution is 5.76. The van der Waals surface area contributed by atoms with E-state index in [1.165, 1.54) is 173 Å². The molecule has 6 nitrogen and oxygen atoms in total. The van der Waals surface area contributed by atoms with Gasteiger partial charge in [0, 0.05) is 12.8 Å². The summed E-state index contributed by atoms with van der Waals surface area (Å²) in [7, 11) is 0. The maximum absolute atomic E-state index is 12.5. The van der Waals surface area contributed by atoms with Crippen molar-refractivity contribution >= 4 is 11.9 Å². The lowest BCUT2D eigenvalue weighted by atomic mass is 10.0. The molecule has 0 aromatic heterocycles. The van der Waals surface area contributed by atoms with Gasteiger partial charge >= 0.3 is 5.97 Å². The number of carbonyl (C=O) groups is 2.